The van der Waals surface area contributed by atoms with Gasteiger partial charge in [-0.3, -0.25) is 9.52 Å². The topological polar surface area (TPSA) is 79.0 Å². The molecule has 3 aromatic rings. The maximum absolute atomic E-state index is 12.0. The number of nitrogens with one attached hydrogen (secondary N) is 2. The first-order chi connectivity index (χ1) is 9.04. The standard InChI is InChI=1S/C11H8N2O3S3/c14-11-12-8-4-3-7(6-9(8)18-11)13-19(15,16)10-2-1-5-17-10/h1-6,13H,(H,12,14). The van der Waals surface area contributed by atoms with E-state index in [4.69, 9.17) is 0 Å². The number of aromatic nitrogens is 1. The number of thiophene rings is 1. The Kier molecular flexibility index (Phi) is 2.92. The van der Waals surface area contributed by atoms with Crippen molar-refractivity contribution in [2.75, 3.05) is 4.72 Å². The number of hydrogen-bond acceptors (Lipinski definition) is 5. The molecule has 19 heavy (non-hydrogen) atoms. The Hall–Kier alpha value is -1.64. The van der Waals surface area contributed by atoms with E-state index < -0.39 is 10.0 Å². The Bertz CT molecular complexity index is 875. The monoisotopic (exact) mass is 312 g/mol. The highest BCUT2D eigenvalue weighted by Crippen LogP contribution is 2.23. The van der Waals surface area contributed by atoms with Gasteiger partial charge in [0.15, 0.2) is 0 Å². The van der Waals surface area contributed by atoms with Crippen LogP contribution in [-0.4, -0.2) is 13.4 Å². The molecular weight excluding hydrogens is 304 g/mol. The van der Waals surface area contributed by atoms with Crippen LogP contribution < -0.4 is 9.60 Å². The Morgan fingerprint density at radius 3 is 2.79 bits per heavy atom. The second-order valence-electron chi connectivity index (χ2n) is 3.76. The summed E-state index contributed by atoms with van der Waals surface area (Å²) in [6.07, 6.45) is 0. The van der Waals surface area contributed by atoms with Gasteiger partial charge in [-0.1, -0.05) is 17.4 Å². The third kappa shape index (κ3) is 2.42. The van der Waals surface area contributed by atoms with E-state index in [1.54, 1.807) is 35.7 Å². The number of hydrogen-bond donors (Lipinski definition) is 2. The van der Waals surface area contributed by atoms with E-state index in [1.165, 1.54) is 0 Å². The van der Waals surface area contributed by atoms with Crippen molar-refractivity contribution < 1.29 is 8.42 Å². The Morgan fingerprint density at radius 1 is 1.21 bits per heavy atom. The first-order valence-corrected chi connectivity index (χ1v) is 8.42. The van der Waals surface area contributed by atoms with Gasteiger partial charge < -0.3 is 4.98 Å². The van der Waals surface area contributed by atoms with Gasteiger partial charge in [-0.05, 0) is 29.6 Å². The lowest BCUT2D eigenvalue weighted by Gasteiger charge is -2.05. The minimum absolute atomic E-state index is 0.159. The van der Waals surface area contributed by atoms with Crippen LogP contribution in [0.15, 0.2) is 44.7 Å². The quantitative estimate of drug-likeness (QED) is 0.779. The predicted molar refractivity (Wildman–Crippen MR) is 77.6 cm³/mol. The second-order valence-corrected chi connectivity index (χ2v) is 7.63. The maximum atomic E-state index is 12.0. The van der Waals surface area contributed by atoms with Crippen LogP contribution in [0.2, 0.25) is 0 Å². The van der Waals surface area contributed by atoms with Crippen molar-refractivity contribution in [3.05, 3.63) is 45.4 Å². The fraction of sp³-hybridized carbons (Fsp3) is 0. The molecule has 3 rings (SSSR count). The van der Waals surface area contributed by atoms with Gasteiger partial charge in [-0.2, -0.15) is 0 Å². The summed E-state index contributed by atoms with van der Waals surface area (Å²) in [5.41, 5.74) is 1.14. The summed E-state index contributed by atoms with van der Waals surface area (Å²) >= 11 is 2.20. The molecule has 2 aromatic heterocycles. The van der Waals surface area contributed by atoms with Gasteiger partial charge in [-0.25, -0.2) is 8.42 Å². The summed E-state index contributed by atoms with van der Waals surface area (Å²) in [7, 11) is -3.55. The zero-order chi connectivity index (χ0) is 13.5. The molecule has 98 valence electrons. The van der Waals surface area contributed by atoms with Gasteiger partial charge >= 0.3 is 4.87 Å². The van der Waals surface area contributed by atoms with Gasteiger partial charge in [-0.15, -0.1) is 11.3 Å². The van der Waals surface area contributed by atoms with Crippen LogP contribution in [0.25, 0.3) is 10.2 Å². The van der Waals surface area contributed by atoms with E-state index in [1.807, 2.05) is 0 Å². The van der Waals surface area contributed by atoms with Crippen molar-refractivity contribution in [1.82, 2.24) is 4.98 Å². The average molecular weight is 312 g/mol. The molecule has 0 aliphatic carbocycles. The number of benzene rings is 1. The number of H-pyrrole nitrogens is 1. The summed E-state index contributed by atoms with van der Waals surface area (Å²) in [5.74, 6) is 0. The molecule has 5 nitrogen and oxygen atoms in total. The molecule has 2 heterocycles. The highest BCUT2D eigenvalue weighted by Gasteiger charge is 2.15. The highest BCUT2D eigenvalue weighted by molar-refractivity contribution is 7.94. The Morgan fingerprint density at radius 2 is 2.05 bits per heavy atom. The average Bonchev–Trinajstić information content (AvgIpc) is 2.95. The molecule has 0 spiro atoms. The van der Waals surface area contributed by atoms with Crippen molar-refractivity contribution in [3.8, 4) is 0 Å². The van der Waals surface area contributed by atoms with E-state index in [0.29, 0.717) is 11.2 Å². The molecule has 8 heteroatoms. The SMILES string of the molecule is O=c1[nH]c2ccc(NS(=O)(=O)c3cccs3)cc2s1. The number of rotatable bonds is 3. The normalized spacial score (nSPS) is 11.8. The number of fused-ring (bicyclic) bond motifs is 1. The molecular formula is C11H8N2O3S3. The van der Waals surface area contributed by atoms with Crippen molar-refractivity contribution in [1.29, 1.82) is 0 Å². The fourth-order valence-corrected chi connectivity index (χ4v) is 4.45. The lowest BCUT2D eigenvalue weighted by molar-refractivity contribution is 0.603. The van der Waals surface area contributed by atoms with E-state index in [9.17, 15) is 13.2 Å². The molecule has 0 bridgehead atoms. The zero-order valence-electron chi connectivity index (χ0n) is 9.41. The molecule has 0 unspecified atom stereocenters. The summed E-state index contributed by atoms with van der Waals surface area (Å²) in [6.45, 7) is 0. The molecule has 0 aliphatic rings. The van der Waals surface area contributed by atoms with Crippen molar-refractivity contribution in [2.24, 2.45) is 0 Å². The largest absolute Gasteiger partial charge is 0.312 e. The molecule has 0 saturated carbocycles. The van der Waals surface area contributed by atoms with Crippen LogP contribution in [0, 0.1) is 0 Å². The first kappa shape index (κ1) is 12.4. The predicted octanol–water partition coefficient (Wildman–Crippen LogP) is 2.45. The van der Waals surface area contributed by atoms with Crippen LogP contribution in [0.1, 0.15) is 0 Å². The third-order valence-electron chi connectivity index (χ3n) is 2.43. The minimum Gasteiger partial charge on any atom is -0.312 e. The molecule has 2 N–H and O–H groups in total. The molecule has 1 aromatic carbocycles. The summed E-state index contributed by atoms with van der Waals surface area (Å²) in [4.78, 5) is 13.7. The third-order valence-corrected chi connectivity index (χ3v) is 6.06. The van der Waals surface area contributed by atoms with Crippen LogP contribution >= 0.6 is 22.7 Å². The van der Waals surface area contributed by atoms with Crippen LogP contribution in [0.5, 0.6) is 0 Å². The lowest BCUT2D eigenvalue weighted by atomic mass is 10.3. The molecule has 0 atom stereocenters. The lowest BCUT2D eigenvalue weighted by Crippen LogP contribution is -2.11. The molecule has 0 saturated heterocycles. The van der Waals surface area contributed by atoms with Crippen LogP contribution in [-0.2, 0) is 10.0 Å². The van der Waals surface area contributed by atoms with Gasteiger partial charge in [0.1, 0.15) is 4.21 Å². The van der Waals surface area contributed by atoms with Gasteiger partial charge in [0.25, 0.3) is 10.0 Å². The number of aromatic amines is 1. The number of sulfonamides is 1. The van der Waals surface area contributed by atoms with E-state index in [0.717, 1.165) is 27.4 Å². The number of thiazole rings is 1. The van der Waals surface area contributed by atoms with Crippen LogP contribution in [0.4, 0.5) is 5.69 Å². The first-order valence-electron chi connectivity index (χ1n) is 5.24. The molecule has 0 amide bonds. The van der Waals surface area contributed by atoms with E-state index in [-0.39, 0.29) is 9.08 Å². The van der Waals surface area contributed by atoms with Gasteiger partial charge in [0.2, 0.25) is 0 Å². The molecule has 0 aliphatic heterocycles. The van der Waals surface area contributed by atoms with Crippen molar-refractivity contribution in [2.45, 2.75) is 4.21 Å². The van der Waals surface area contributed by atoms with E-state index in [2.05, 4.69) is 9.71 Å². The van der Waals surface area contributed by atoms with Crippen LogP contribution in [0.3, 0.4) is 0 Å². The summed E-state index contributed by atoms with van der Waals surface area (Å²) in [6, 6.07) is 8.17. The highest BCUT2D eigenvalue weighted by atomic mass is 32.2. The van der Waals surface area contributed by atoms with Gasteiger partial charge in [0.05, 0.1) is 15.9 Å². The summed E-state index contributed by atoms with van der Waals surface area (Å²) < 4.78 is 27.5. The minimum atomic E-state index is -3.55. The maximum Gasteiger partial charge on any atom is 0.305 e. The number of anilines is 1. The Labute approximate surface area is 116 Å². The van der Waals surface area contributed by atoms with E-state index >= 15 is 0 Å². The van der Waals surface area contributed by atoms with Crippen molar-refractivity contribution in [3.63, 3.8) is 0 Å². The van der Waals surface area contributed by atoms with Gasteiger partial charge in [0, 0.05) is 0 Å². The van der Waals surface area contributed by atoms with Crippen molar-refractivity contribution >= 4 is 48.6 Å². The Balaban J connectivity index is 1.99. The zero-order valence-corrected chi connectivity index (χ0v) is 11.9. The fourth-order valence-electron chi connectivity index (χ4n) is 1.63. The smallest absolute Gasteiger partial charge is 0.305 e. The second kappa shape index (κ2) is 4.48. The molecule has 0 radical (unpaired) electrons. The molecule has 0 fully saturated rings. The summed E-state index contributed by atoms with van der Waals surface area (Å²) in [5, 5.41) is 1.70.